The molecule has 0 aliphatic carbocycles. The molecule has 1 heterocycles. The van der Waals surface area contributed by atoms with E-state index >= 15 is 0 Å². The molecule has 0 amide bonds. The van der Waals surface area contributed by atoms with Crippen LogP contribution in [0.15, 0.2) is 53.4 Å². The fraction of sp³-hybridized carbons (Fsp3) is 0.368. The van der Waals surface area contributed by atoms with E-state index in [1.807, 2.05) is 31.2 Å². The predicted octanol–water partition coefficient (Wildman–Crippen LogP) is 2.69. The maximum atomic E-state index is 12.1. The Morgan fingerprint density at radius 1 is 1.00 bits per heavy atom. The maximum Gasteiger partial charge on any atom is 0.296 e. The van der Waals surface area contributed by atoms with E-state index in [-0.39, 0.29) is 17.8 Å². The quantitative estimate of drug-likeness (QED) is 0.658. The molecular formula is C19H22O6S. The number of hydrogen-bond donors (Lipinski definition) is 0. The summed E-state index contributed by atoms with van der Waals surface area (Å²) in [7, 11) is -3.73. The standard InChI is InChI=1S/C19H22O6S/c1-15-2-8-18(9-3-15)26(20,21)25-11-10-16-4-6-17(7-5-16)24-14-19-22-12-13-23-19/h2-9,19H,10-14H2,1H3. The van der Waals surface area contributed by atoms with Crippen LogP contribution in [0.4, 0.5) is 0 Å². The van der Waals surface area contributed by atoms with Crippen LogP contribution in [0, 0.1) is 6.92 Å². The monoisotopic (exact) mass is 378 g/mol. The molecule has 0 radical (unpaired) electrons. The van der Waals surface area contributed by atoms with Gasteiger partial charge in [-0.2, -0.15) is 8.42 Å². The summed E-state index contributed by atoms with van der Waals surface area (Å²) in [6, 6.07) is 14.0. The average molecular weight is 378 g/mol. The van der Waals surface area contributed by atoms with Crippen molar-refractivity contribution in [3.63, 3.8) is 0 Å². The second-order valence-corrected chi connectivity index (χ2v) is 7.58. The van der Waals surface area contributed by atoms with Gasteiger partial charge in [-0.3, -0.25) is 4.18 Å². The van der Waals surface area contributed by atoms with E-state index in [1.54, 1.807) is 24.3 Å². The number of rotatable bonds is 8. The van der Waals surface area contributed by atoms with Crippen molar-refractivity contribution in [2.45, 2.75) is 24.5 Å². The van der Waals surface area contributed by atoms with E-state index in [9.17, 15) is 8.42 Å². The molecule has 0 saturated carbocycles. The van der Waals surface area contributed by atoms with E-state index < -0.39 is 10.1 Å². The van der Waals surface area contributed by atoms with Gasteiger partial charge in [0.15, 0.2) is 6.29 Å². The fourth-order valence-electron chi connectivity index (χ4n) is 2.46. The van der Waals surface area contributed by atoms with Crippen molar-refractivity contribution in [2.75, 3.05) is 26.4 Å². The van der Waals surface area contributed by atoms with Crippen molar-refractivity contribution < 1.29 is 26.8 Å². The van der Waals surface area contributed by atoms with Crippen LogP contribution in [0.25, 0.3) is 0 Å². The molecule has 7 heteroatoms. The lowest BCUT2D eigenvalue weighted by molar-refractivity contribution is -0.0684. The van der Waals surface area contributed by atoms with Crippen molar-refractivity contribution in [2.24, 2.45) is 0 Å². The Bertz CT molecular complexity index is 793. The van der Waals surface area contributed by atoms with E-state index in [2.05, 4.69) is 0 Å². The zero-order chi connectivity index (χ0) is 18.4. The van der Waals surface area contributed by atoms with Crippen LogP contribution in [-0.2, 0) is 30.2 Å². The minimum absolute atomic E-state index is 0.0835. The smallest absolute Gasteiger partial charge is 0.296 e. The highest BCUT2D eigenvalue weighted by Crippen LogP contribution is 2.16. The number of hydrogen-bond acceptors (Lipinski definition) is 6. The molecule has 2 aromatic rings. The number of ether oxygens (including phenoxy) is 3. The van der Waals surface area contributed by atoms with Crippen molar-refractivity contribution >= 4 is 10.1 Å². The lowest BCUT2D eigenvalue weighted by atomic mass is 10.1. The first-order chi connectivity index (χ1) is 12.5. The summed E-state index contributed by atoms with van der Waals surface area (Å²) in [6.07, 6.45) is 0.176. The molecule has 0 N–H and O–H groups in total. The van der Waals surface area contributed by atoms with Crippen molar-refractivity contribution in [3.05, 3.63) is 59.7 Å². The van der Waals surface area contributed by atoms with Crippen LogP contribution in [0.5, 0.6) is 5.75 Å². The van der Waals surface area contributed by atoms with Gasteiger partial charge in [-0.05, 0) is 43.2 Å². The van der Waals surface area contributed by atoms with E-state index in [0.29, 0.717) is 32.0 Å². The molecule has 6 nitrogen and oxygen atoms in total. The summed E-state index contributed by atoms with van der Waals surface area (Å²) < 4.78 is 45.6. The zero-order valence-corrected chi connectivity index (χ0v) is 15.4. The molecule has 1 saturated heterocycles. The first-order valence-corrected chi connectivity index (χ1v) is 9.85. The van der Waals surface area contributed by atoms with Crippen LogP contribution >= 0.6 is 0 Å². The molecule has 1 aliphatic rings. The second-order valence-electron chi connectivity index (χ2n) is 5.97. The SMILES string of the molecule is Cc1ccc(S(=O)(=O)OCCc2ccc(OCC3OCCO3)cc2)cc1. The highest BCUT2D eigenvalue weighted by atomic mass is 32.2. The summed E-state index contributed by atoms with van der Waals surface area (Å²) in [6.45, 7) is 3.52. The van der Waals surface area contributed by atoms with Crippen molar-refractivity contribution in [1.82, 2.24) is 0 Å². The summed E-state index contributed by atoms with van der Waals surface area (Å²) in [5, 5.41) is 0. The highest BCUT2D eigenvalue weighted by Gasteiger charge is 2.16. The highest BCUT2D eigenvalue weighted by molar-refractivity contribution is 7.86. The van der Waals surface area contributed by atoms with Crippen LogP contribution in [-0.4, -0.2) is 41.1 Å². The Hall–Kier alpha value is -1.93. The van der Waals surface area contributed by atoms with E-state index in [1.165, 1.54) is 0 Å². The van der Waals surface area contributed by atoms with E-state index in [4.69, 9.17) is 18.4 Å². The summed E-state index contributed by atoms with van der Waals surface area (Å²) in [4.78, 5) is 0.170. The van der Waals surface area contributed by atoms with Gasteiger partial charge in [0.2, 0.25) is 0 Å². The van der Waals surface area contributed by atoms with Crippen molar-refractivity contribution in [1.29, 1.82) is 0 Å². The van der Waals surface area contributed by atoms with Gasteiger partial charge in [-0.15, -0.1) is 0 Å². The number of aryl methyl sites for hydroxylation is 1. The Balaban J connectivity index is 1.46. The van der Waals surface area contributed by atoms with Gasteiger partial charge >= 0.3 is 0 Å². The lowest BCUT2D eigenvalue weighted by Gasteiger charge is -2.11. The molecular weight excluding hydrogens is 356 g/mol. The normalized spacial score (nSPS) is 15.3. The topological polar surface area (TPSA) is 71.1 Å². The molecule has 26 heavy (non-hydrogen) atoms. The molecule has 3 rings (SSSR count). The van der Waals surface area contributed by atoms with Gasteiger partial charge in [0.25, 0.3) is 10.1 Å². The van der Waals surface area contributed by atoms with Gasteiger partial charge in [-0.25, -0.2) is 0 Å². The first-order valence-electron chi connectivity index (χ1n) is 8.44. The van der Waals surface area contributed by atoms with Crippen LogP contribution in [0.2, 0.25) is 0 Å². The van der Waals surface area contributed by atoms with Gasteiger partial charge < -0.3 is 14.2 Å². The minimum atomic E-state index is -3.73. The second kappa shape index (κ2) is 8.64. The first kappa shape index (κ1) is 18.8. The Kier molecular flexibility index (Phi) is 6.26. The largest absolute Gasteiger partial charge is 0.488 e. The van der Waals surface area contributed by atoms with Crippen LogP contribution in [0.1, 0.15) is 11.1 Å². The minimum Gasteiger partial charge on any atom is -0.488 e. The molecule has 0 atom stereocenters. The van der Waals surface area contributed by atoms with Crippen LogP contribution < -0.4 is 4.74 Å². The average Bonchev–Trinajstić information content (AvgIpc) is 3.15. The molecule has 0 aromatic heterocycles. The van der Waals surface area contributed by atoms with E-state index in [0.717, 1.165) is 11.1 Å². The fourth-order valence-corrected chi connectivity index (χ4v) is 3.37. The van der Waals surface area contributed by atoms with Gasteiger partial charge in [-0.1, -0.05) is 29.8 Å². The Labute approximate surface area is 153 Å². The lowest BCUT2D eigenvalue weighted by Crippen LogP contribution is -2.18. The summed E-state index contributed by atoms with van der Waals surface area (Å²) >= 11 is 0. The number of benzene rings is 2. The summed E-state index contributed by atoms with van der Waals surface area (Å²) in [5.74, 6) is 0.709. The third kappa shape index (κ3) is 5.28. The molecule has 0 unspecified atom stereocenters. The summed E-state index contributed by atoms with van der Waals surface area (Å²) in [5.41, 5.74) is 1.96. The maximum absolute atomic E-state index is 12.1. The third-order valence-corrected chi connectivity index (χ3v) is 5.27. The van der Waals surface area contributed by atoms with Crippen LogP contribution in [0.3, 0.4) is 0 Å². The molecule has 140 valence electrons. The van der Waals surface area contributed by atoms with Crippen molar-refractivity contribution in [3.8, 4) is 5.75 Å². The molecule has 0 bridgehead atoms. The van der Waals surface area contributed by atoms with Gasteiger partial charge in [0, 0.05) is 0 Å². The zero-order valence-electron chi connectivity index (χ0n) is 14.6. The Morgan fingerprint density at radius 2 is 1.65 bits per heavy atom. The van der Waals surface area contributed by atoms with Gasteiger partial charge in [0.1, 0.15) is 12.4 Å². The molecule has 1 fully saturated rings. The Morgan fingerprint density at radius 3 is 2.31 bits per heavy atom. The predicted molar refractivity (Wildman–Crippen MR) is 95.6 cm³/mol. The van der Waals surface area contributed by atoms with Gasteiger partial charge in [0.05, 0.1) is 24.7 Å². The molecule has 0 spiro atoms. The molecule has 1 aliphatic heterocycles. The third-order valence-electron chi connectivity index (χ3n) is 3.94. The molecule has 2 aromatic carbocycles.